The molecule has 15 heavy (non-hydrogen) atoms. The summed E-state index contributed by atoms with van der Waals surface area (Å²) in [5.74, 6) is 3.46. The molecule has 0 aliphatic heterocycles. The van der Waals surface area contributed by atoms with E-state index in [1.54, 1.807) is 0 Å². The number of hydrogen-bond acceptors (Lipinski definition) is 1. The lowest BCUT2D eigenvalue weighted by Gasteiger charge is -2.05. The average molecular weight is 202 g/mol. The molecular formula is C14H18O. The topological polar surface area (TPSA) is 9.23 Å². The van der Waals surface area contributed by atoms with Crippen LogP contribution in [0.4, 0.5) is 0 Å². The molecule has 1 rings (SSSR count). The summed E-state index contributed by atoms with van der Waals surface area (Å²) in [6.07, 6.45) is 9.44. The van der Waals surface area contributed by atoms with Gasteiger partial charge >= 0.3 is 0 Å². The van der Waals surface area contributed by atoms with Crippen molar-refractivity contribution in [3.8, 4) is 18.1 Å². The smallest absolute Gasteiger partial charge is 0.119 e. The summed E-state index contributed by atoms with van der Waals surface area (Å²) in [6, 6.07) is 8.28. The van der Waals surface area contributed by atoms with Crippen molar-refractivity contribution in [1.82, 2.24) is 0 Å². The van der Waals surface area contributed by atoms with Gasteiger partial charge in [0.15, 0.2) is 0 Å². The minimum atomic E-state index is 0.602. The van der Waals surface area contributed by atoms with Gasteiger partial charge in [0.05, 0.1) is 6.61 Å². The Morgan fingerprint density at radius 1 is 1.27 bits per heavy atom. The van der Waals surface area contributed by atoms with E-state index in [4.69, 9.17) is 11.2 Å². The number of hydrogen-bond donors (Lipinski definition) is 0. The Bertz CT molecular complexity index is 305. The summed E-state index contributed by atoms with van der Waals surface area (Å²) in [6.45, 7) is 2.81. The zero-order chi connectivity index (χ0) is 10.9. The van der Waals surface area contributed by atoms with E-state index in [1.165, 1.54) is 18.4 Å². The van der Waals surface area contributed by atoms with Gasteiger partial charge in [-0.05, 0) is 30.5 Å². The molecule has 1 heteroatoms. The Labute approximate surface area is 92.5 Å². The van der Waals surface area contributed by atoms with Crippen LogP contribution in [0.5, 0.6) is 5.75 Å². The van der Waals surface area contributed by atoms with Gasteiger partial charge in [-0.25, -0.2) is 0 Å². The Balaban J connectivity index is 2.39. The standard InChI is InChI=1S/C14H18O/c1-3-5-7-13-8-10-14(11-9-13)15-12-6-4-2/h2,8-11H,3,5-7,12H2,1H3. The molecule has 0 atom stereocenters. The molecule has 1 aromatic carbocycles. The van der Waals surface area contributed by atoms with Gasteiger partial charge < -0.3 is 4.74 Å². The Hall–Kier alpha value is -1.42. The van der Waals surface area contributed by atoms with E-state index in [-0.39, 0.29) is 0 Å². The summed E-state index contributed by atoms with van der Waals surface area (Å²) in [4.78, 5) is 0. The number of unbranched alkanes of at least 4 members (excludes halogenated alkanes) is 1. The molecule has 0 fully saturated rings. The largest absolute Gasteiger partial charge is 0.493 e. The molecule has 0 bridgehead atoms. The van der Waals surface area contributed by atoms with Gasteiger partial charge in [-0.2, -0.15) is 0 Å². The Morgan fingerprint density at radius 3 is 2.60 bits per heavy atom. The molecule has 0 aliphatic carbocycles. The molecule has 0 saturated heterocycles. The number of terminal acetylenes is 1. The normalized spacial score (nSPS) is 9.60. The van der Waals surface area contributed by atoms with Crippen LogP contribution in [0.2, 0.25) is 0 Å². The van der Waals surface area contributed by atoms with Crippen LogP contribution in [0.3, 0.4) is 0 Å². The van der Waals surface area contributed by atoms with E-state index in [0.29, 0.717) is 13.0 Å². The van der Waals surface area contributed by atoms with Crippen LogP contribution in [0.1, 0.15) is 31.7 Å². The van der Waals surface area contributed by atoms with Crippen LogP contribution in [0.15, 0.2) is 24.3 Å². The van der Waals surface area contributed by atoms with Crippen LogP contribution < -0.4 is 4.74 Å². The molecule has 1 nitrogen and oxygen atoms in total. The molecule has 0 N–H and O–H groups in total. The SMILES string of the molecule is C#CCCOc1ccc(CCCC)cc1. The summed E-state index contributed by atoms with van der Waals surface area (Å²) < 4.78 is 5.46. The van der Waals surface area contributed by atoms with Gasteiger partial charge in [0, 0.05) is 6.42 Å². The lowest BCUT2D eigenvalue weighted by molar-refractivity contribution is 0.327. The van der Waals surface area contributed by atoms with Crippen molar-refractivity contribution in [2.75, 3.05) is 6.61 Å². The quantitative estimate of drug-likeness (QED) is 0.507. The van der Waals surface area contributed by atoms with Crippen LogP contribution in [-0.2, 0) is 6.42 Å². The number of aryl methyl sites for hydroxylation is 1. The fraction of sp³-hybridized carbons (Fsp3) is 0.429. The second kappa shape index (κ2) is 6.95. The van der Waals surface area contributed by atoms with E-state index >= 15 is 0 Å². The molecule has 0 aromatic heterocycles. The number of rotatable bonds is 6. The summed E-state index contributed by atoms with van der Waals surface area (Å²) in [7, 11) is 0. The molecule has 0 radical (unpaired) electrons. The first-order chi connectivity index (χ1) is 7.36. The van der Waals surface area contributed by atoms with E-state index in [9.17, 15) is 0 Å². The maximum atomic E-state index is 5.46. The molecule has 0 amide bonds. The molecular weight excluding hydrogens is 184 g/mol. The molecule has 0 saturated carbocycles. The highest BCUT2D eigenvalue weighted by Gasteiger charge is 1.94. The maximum absolute atomic E-state index is 5.46. The predicted molar refractivity (Wildman–Crippen MR) is 64.0 cm³/mol. The first-order valence-electron chi connectivity index (χ1n) is 5.52. The molecule has 80 valence electrons. The fourth-order valence-electron chi connectivity index (χ4n) is 1.36. The van der Waals surface area contributed by atoms with Crippen molar-refractivity contribution < 1.29 is 4.74 Å². The third-order valence-electron chi connectivity index (χ3n) is 2.26. The van der Waals surface area contributed by atoms with Gasteiger partial charge in [0.2, 0.25) is 0 Å². The second-order valence-corrected chi connectivity index (χ2v) is 3.55. The van der Waals surface area contributed by atoms with Gasteiger partial charge in [-0.3, -0.25) is 0 Å². The molecule has 0 unspecified atom stereocenters. The average Bonchev–Trinajstić information content (AvgIpc) is 2.28. The summed E-state index contributed by atoms with van der Waals surface area (Å²) >= 11 is 0. The monoisotopic (exact) mass is 202 g/mol. The fourth-order valence-corrected chi connectivity index (χ4v) is 1.36. The highest BCUT2D eigenvalue weighted by atomic mass is 16.5. The van der Waals surface area contributed by atoms with Crippen molar-refractivity contribution in [2.24, 2.45) is 0 Å². The van der Waals surface area contributed by atoms with Gasteiger partial charge in [0.1, 0.15) is 5.75 Å². The second-order valence-electron chi connectivity index (χ2n) is 3.55. The highest BCUT2D eigenvalue weighted by Crippen LogP contribution is 2.13. The third kappa shape index (κ3) is 4.56. The van der Waals surface area contributed by atoms with Crippen LogP contribution in [0.25, 0.3) is 0 Å². The lowest BCUT2D eigenvalue weighted by Crippen LogP contribution is -1.95. The van der Waals surface area contributed by atoms with E-state index in [1.807, 2.05) is 12.1 Å². The lowest BCUT2D eigenvalue weighted by atomic mass is 10.1. The highest BCUT2D eigenvalue weighted by molar-refractivity contribution is 5.27. The molecule has 0 aliphatic rings. The van der Waals surface area contributed by atoms with Crippen LogP contribution >= 0.6 is 0 Å². The number of benzene rings is 1. The van der Waals surface area contributed by atoms with Gasteiger partial charge in [-0.1, -0.05) is 25.5 Å². The molecule has 1 aromatic rings. The Morgan fingerprint density at radius 2 is 2.00 bits per heavy atom. The minimum Gasteiger partial charge on any atom is -0.493 e. The van der Waals surface area contributed by atoms with Crippen molar-refractivity contribution >= 4 is 0 Å². The van der Waals surface area contributed by atoms with Crippen molar-refractivity contribution in [2.45, 2.75) is 32.6 Å². The van der Waals surface area contributed by atoms with Crippen molar-refractivity contribution in [3.05, 3.63) is 29.8 Å². The maximum Gasteiger partial charge on any atom is 0.119 e. The van der Waals surface area contributed by atoms with E-state index < -0.39 is 0 Å². The molecule has 0 heterocycles. The first-order valence-corrected chi connectivity index (χ1v) is 5.52. The van der Waals surface area contributed by atoms with Crippen molar-refractivity contribution in [1.29, 1.82) is 0 Å². The van der Waals surface area contributed by atoms with Crippen LogP contribution in [0, 0.1) is 12.3 Å². The van der Waals surface area contributed by atoms with Gasteiger partial charge in [-0.15, -0.1) is 12.3 Å². The van der Waals surface area contributed by atoms with E-state index in [2.05, 4.69) is 25.0 Å². The first kappa shape index (κ1) is 11.7. The summed E-state index contributed by atoms with van der Waals surface area (Å²) in [5, 5.41) is 0. The zero-order valence-electron chi connectivity index (χ0n) is 9.33. The van der Waals surface area contributed by atoms with E-state index in [0.717, 1.165) is 12.2 Å². The minimum absolute atomic E-state index is 0.602. The third-order valence-corrected chi connectivity index (χ3v) is 2.26. The zero-order valence-corrected chi connectivity index (χ0v) is 9.33. The molecule has 0 spiro atoms. The number of ether oxygens (including phenoxy) is 1. The summed E-state index contributed by atoms with van der Waals surface area (Å²) in [5.41, 5.74) is 1.38. The van der Waals surface area contributed by atoms with Crippen LogP contribution in [-0.4, -0.2) is 6.61 Å². The van der Waals surface area contributed by atoms with Gasteiger partial charge in [0.25, 0.3) is 0 Å². The predicted octanol–water partition coefficient (Wildman–Crippen LogP) is 3.43. The van der Waals surface area contributed by atoms with Crippen molar-refractivity contribution in [3.63, 3.8) is 0 Å². The Kier molecular flexibility index (Phi) is 5.40.